The van der Waals surface area contributed by atoms with Crippen molar-refractivity contribution >= 4 is 17.4 Å². The van der Waals surface area contributed by atoms with E-state index in [0.29, 0.717) is 40.9 Å². The molecule has 0 radical (unpaired) electrons. The lowest BCUT2D eigenvalue weighted by molar-refractivity contribution is -0.00759. The number of amides is 1. The zero-order valence-electron chi connectivity index (χ0n) is 25.7. The summed E-state index contributed by atoms with van der Waals surface area (Å²) in [6.07, 6.45) is 5.00. The van der Waals surface area contributed by atoms with Crippen molar-refractivity contribution in [1.29, 1.82) is 0 Å². The van der Waals surface area contributed by atoms with E-state index in [9.17, 15) is 4.79 Å². The third kappa shape index (κ3) is 6.19. The first-order chi connectivity index (χ1) is 21.1. The van der Waals surface area contributed by atoms with Crippen molar-refractivity contribution in [2.75, 3.05) is 25.4 Å². The molecule has 1 unspecified atom stereocenters. The number of halogens is 1. The monoisotopic (exact) mass is 601 g/mol. The number of benzene rings is 2. The maximum atomic E-state index is 15.5. The van der Waals surface area contributed by atoms with Crippen LogP contribution in [-0.2, 0) is 4.74 Å². The minimum absolute atomic E-state index is 0.0779. The summed E-state index contributed by atoms with van der Waals surface area (Å²) in [6, 6.07) is 14.5. The summed E-state index contributed by atoms with van der Waals surface area (Å²) in [5.74, 6) is 1.73. The molecule has 1 aliphatic carbocycles. The van der Waals surface area contributed by atoms with Crippen molar-refractivity contribution in [1.82, 2.24) is 29.4 Å². The highest BCUT2D eigenvalue weighted by Crippen LogP contribution is 2.39. The average Bonchev–Trinajstić information content (AvgIpc) is 3.37. The number of nitrogens with two attached hydrogens (primary N) is 1. The van der Waals surface area contributed by atoms with Gasteiger partial charge in [0, 0.05) is 49.3 Å². The third-order valence-corrected chi connectivity index (χ3v) is 8.53. The van der Waals surface area contributed by atoms with Crippen LogP contribution in [0.3, 0.4) is 0 Å². The number of anilines is 1. The molecule has 3 heterocycles. The van der Waals surface area contributed by atoms with Gasteiger partial charge in [0.2, 0.25) is 0 Å². The van der Waals surface area contributed by atoms with Gasteiger partial charge in [0.05, 0.1) is 0 Å². The zero-order valence-corrected chi connectivity index (χ0v) is 25.7. The Morgan fingerprint density at radius 1 is 1.02 bits per heavy atom. The number of imidazole rings is 1. The van der Waals surface area contributed by atoms with E-state index in [0.717, 1.165) is 44.6 Å². The molecule has 0 bridgehead atoms. The topological polar surface area (TPSA) is 111 Å². The minimum Gasteiger partial charge on any atom is -0.457 e. The molecule has 11 heteroatoms. The second kappa shape index (κ2) is 12.0. The molecule has 2 N–H and O–H groups in total. The van der Waals surface area contributed by atoms with Crippen LogP contribution in [0, 0.1) is 5.82 Å². The van der Waals surface area contributed by atoms with Crippen LogP contribution in [0.1, 0.15) is 65.1 Å². The van der Waals surface area contributed by atoms with Gasteiger partial charge in [0.25, 0.3) is 0 Å². The number of nitrogen functional groups attached to an aromatic ring is 1. The first kappa shape index (κ1) is 29.8. The van der Waals surface area contributed by atoms with Gasteiger partial charge in [-0.15, -0.1) is 0 Å². The minimum atomic E-state index is -0.509. The van der Waals surface area contributed by atoms with Crippen LogP contribution < -0.4 is 10.5 Å². The van der Waals surface area contributed by atoms with Crippen LogP contribution in [0.2, 0.25) is 0 Å². The predicted molar refractivity (Wildman–Crippen MR) is 166 cm³/mol. The lowest BCUT2D eigenvalue weighted by Gasteiger charge is -2.45. The first-order valence-electron chi connectivity index (χ1n) is 15.3. The van der Waals surface area contributed by atoms with Crippen LogP contribution in [0.4, 0.5) is 15.0 Å². The summed E-state index contributed by atoms with van der Waals surface area (Å²) in [5.41, 5.74) is 7.06. The number of piperazine rings is 1. The number of ether oxygens (including phenoxy) is 2. The van der Waals surface area contributed by atoms with Crippen molar-refractivity contribution in [3.05, 3.63) is 66.5 Å². The van der Waals surface area contributed by atoms with Gasteiger partial charge >= 0.3 is 6.09 Å². The van der Waals surface area contributed by atoms with Crippen LogP contribution in [0.15, 0.2) is 54.9 Å². The second-order valence-corrected chi connectivity index (χ2v) is 12.8. The van der Waals surface area contributed by atoms with Crippen LogP contribution in [0.5, 0.6) is 11.5 Å². The zero-order chi connectivity index (χ0) is 31.0. The van der Waals surface area contributed by atoms with Crippen molar-refractivity contribution in [2.45, 2.75) is 77.0 Å². The number of hydrogen-bond donors (Lipinski definition) is 1. The summed E-state index contributed by atoms with van der Waals surface area (Å²) in [6.45, 7) is 10.1. The molecule has 1 amide bonds. The third-order valence-electron chi connectivity index (χ3n) is 8.53. The van der Waals surface area contributed by atoms with Crippen LogP contribution in [0.25, 0.3) is 16.8 Å². The van der Waals surface area contributed by atoms with Crippen molar-refractivity contribution in [3.63, 3.8) is 0 Å². The van der Waals surface area contributed by atoms with Gasteiger partial charge < -0.3 is 20.1 Å². The van der Waals surface area contributed by atoms with Gasteiger partial charge in [-0.05, 0) is 77.6 Å². The molecule has 2 fully saturated rings. The highest BCUT2D eigenvalue weighted by Gasteiger charge is 2.36. The fourth-order valence-electron chi connectivity index (χ4n) is 6.41. The van der Waals surface area contributed by atoms with Crippen molar-refractivity contribution in [3.8, 4) is 22.8 Å². The maximum absolute atomic E-state index is 15.5. The van der Waals surface area contributed by atoms with Crippen molar-refractivity contribution in [2.24, 2.45) is 0 Å². The fraction of sp³-hybridized carbons (Fsp3) is 0.455. The molecule has 2 aliphatic rings. The van der Waals surface area contributed by atoms with E-state index >= 15 is 4.39 Å². The predicted octanol–water partition coefficient (Wildman–Crippen LogP) is 6.27. The van der Waals surface area contributed by atoms with Gasteiger partial charge in [0.15, 0.2) is 5.82 Å². The summed E-state index contributed by atoms with van der Waals surface area (Å²) >= 11 is 0. The Morgan fingerprint density at radius 2 is 1.77 bits per heavy atom. The number of nitrogens with zero attached hydrogens (tertiary/aromatic N) is 6. The molecule has 2 aromatic heterocycles. The molecule has 232 valence electrons. The number of para-hydroxylation sites is 1. The second-order valence-electron chi connectivity index (χ2n) is 12.8. The molecule has 1 aliphatic heterocycles. The largest absolute Gasteiger partial charge is 0.457 e. The molecule has 44 heavy (non-hydrogen) atoms. The number of fused-ring (bicyclic) bond motifs is 1. The van der Waals surface area contributed by atoms with Gasteiger partial charge in [-0.25, -0.2) is 23.7 Å². The summed E-state index contributed by atoms with van der Waals surface area (Å²) < 4.78 is 28.7. The van der Waals surface area contributed by atoms with Crippen molar-refractivity contribution < 1.29 is 18.7 Å². The van der Waals surface area contributed by atoms with E-state index in [-0.39, 0.29) is 23.9 Å². The summed E-state index contributed by atoms with van der Waals surface area (Å²) in [5, 5.41) is 4.49. The SMILES string of the molecule is CC1CN([C@H]2CC[C@H](c3nc(-c4ccc(Oc5ccccc5)cc4F)c4c(N)ncnn43)CC2)CCN1C(=O)OC(C)(C)C. The molecular formula is C33H40FN7O3. The summed E-state index contributed by atoms with van der Waals surface area (Å²) in [7, 11) is 0. The van der Waals surface area contributed by atoms with E-state index in [2.05, 4.69) is 21.9 Å². The van der Waals surface area contributed by atoms with E-state index in [4.69, 9.17) is 20.2 Å². The lowest BCUT2D eigenvalue weighted by atomic mass is 9.84. The molecule has 2 aromatic carbocycles. The molecule has 1 saturated heterocycles. The lowest BCUT2D eigenvalue weighted by Crippen LogP contribution is -2.57. The Hall–Kier alpha value is -4.25. The standard InChI is InChI=1S/C33H40FN7O3/c1-21-19-39(16-17-40(21)32(42)44-33(2,3)4)23-12-10-22(11-13-23)31-38-28(29-30(35)36-20-37-41(29)31)26-15-14-25(18-27(26)34)43-24-8-6-5-7-9-24/h5-9,14-15,18,20-23H,10-13,16-17,19H2,1-4H3,(H2,35,36,37)/t21?,22-,23-. The average molecular weight is 602 g/mol. The smallest absolute Gasteiger partial charge is 0.410 e. The Balaban J connectivity index is 1.17. The number of aromatic nitrogens is 4. The maximum Gasteiger partial charge on any atom is 0.410 e. The number of carbonyl (C=O) groups is 1. The number of rotatable bonds is 5. The molecule has 1 saturated carbocycles. The molecule has 0 spiro atoms. The molecule has 6 rings (SSSR count). The van der Waals surface area contributed by atoms with Gasteiger partial charge in [-0.2, -0.15) is 5.10 Å². The Morgan fingerprint density at radius 3 is 2.45 bits per heavy atom. The first-order valence-corrected chi connectivity index (χ1v) is 15.3. The highest BCUT2D eigenvalue weighted by atomic mass is 19.1. The Kier molecular flexibility index (Phi) is 8.15. The Bertz CT molecular complexity index is 1630. The molecule has 1 atom stereocenters. The van der Waals surface area contributed by atoms with Gasteiger partial charge in [-0.3, -0.25) is 4.90 Å². The van der Waals surface area contributed by atoms with Gasteiger partial charge in [0.1, 0.15) is 46.3 Å². The van der Waals surface area contributed by atoms with E-state index in [1.165, 1.54) is 12.4 Å². The number of hydrogen-bond acceptors (Lipinski definition) is 8. The number of carbonyl (C=O) groups excluding carboxylic acids is 1. The Labute approximate surface area is 257 Å². The fourth-order valence-corrected chi connectivity index (χ4v) is 6.41. The molecule has 4 aromatic rings. The quantitative estimate of drug-likeness (QED) is 0.285. The summed E-state index contributed by atoms with van der Waals surface area (Å²) in [4.78, 5) is 26.2. The highest BCUT2D eigenvalue weighted by molar-refractivity contribution is 5.85. The molecule has 10 nitrogen and oxygen atoms in total. The normalized spacial score (nSPS) is 21.4. The molecular weight excluding hydrogens is 561 g/mol. The van der Waals surface area contributed by atoms with Gasteiger partial charge in [-0.1, -0.05) is 18.2 Å². The van der Waals surface area contributed by atoms with E-state index in [1.807, 2.05) is 56.0 Å². The van der Waals surface area contributed by atoms with E-state index in [1.54, 1.807) is 16.6 Å². The van der Waals surface area contributed by atoms with Crippen LogP contribution in [-0.4, -0.2) is 72.8 Å². The van der Waals surface area contributed by atoms with Crippen LogP contribution >= 0.6 is 0 Å². The van der Waals surface area contributed by atoms with E-state index < -0.39 is 11.4 Å².